The highest BCUT2D eigenvalue weighted by Crippen LogP contribution is 2.22. The largest absolute Gasteiger partial charge is 0.368 e. The standard InChI is InChI=1S/C23H45N3O3/c1-10-11-12-17(6)14-19(21(24)27)25(8)23(29)20(16(4)5)26(9)22(28)18(7)13-15(2)3/h15-20H,10-14H2,1-9H3,(H2,24,27)/t17-,18-,19?,20+/m1/s1. The van der Waals surface area contributed by atoms with Gasteiger partial charge in [-0.05, 0) is 30.6 Å². The highest BCUT2D eigenvalue weighted by molar-refractivity contribution is 5.92. The Hall–Kier alpha value is -1.59. The van der Waals surface area contributed by atoms with Crippen LogP contribution in [-0.2, 0) is 14.4 Å². The van der Waals surface area contributed by atoms with Gasteiger partial charge in [0.15, 0.2) is 0 Å². The van der Waals surface area contributed by atoms with Gasteiger partial charge in [0, 0.05) is 20.0 Å². The number of nitrogens with two attached hydrogens (primary N) is 1. The molecule has 29 heavy (non-hydrogen) atoms. The Kier molecular flexibility index (Phi) is 12.2. The molecule has 4 atom stereocenters. The molecule has 6 nitrogen and oxygen atoms in total. The number of carbonyl (C=O) groups is 3. The van der Waals surface area contributed by atoms with Crippen molar-refractivity contribution in [3.05, 3.63) is 0 Å². The second-order valence-corrected chi connectivity index (χ2v) is 9.52. The zero-order valence-corrected chi connectivity index (χ0v) is 20.2. The maximum absolute atomic E-state index is 13.3. The van der Waals surface area contributed by atoms with E-state index in [1.807, 2.05) is 20.8 Å². The normalized spacial score (nSPS) is 15.7. The first kappa shape index (κ1) is 27.4. The van der Waals surface area contributed by atoms with E-state index in [0.717, 1.165) is 25.7 Å². The van der Waals surface area contributed by atoms with Gasteiger partial charge in [-0.2, -0.15) is 0 Å². The minimum Gasteiger partial charge on any atom is -0.368 e. The fourth-order valence-electron chi connectivity index (χ4n) is 4.07. The van der Waals surface area contributed by atoms with Gasteiger partial charge in [0.25, 0.3) is 0 Å². The van der Waals surface area contributed by atoms with Crippen molar-refractivity contribution < 1.29 is 14.4 Å². The predicted molar refractivity (Wildman–Crippen MR) is 119 cm³/mol. The molecule has 1 unspecified atom stereocenters. The fraction of sp³-hybridized carbons (Fsp3) is 0.870. The molecule has 0 aliphatic rings. The predicted octanol–water partition coefficient (Wildman–Crippen LogP) is 3.68. The van der Waals surface area contributed by atoms with E-state index < -0.39 is 18.0 Å². The molecule has 0 aromatic carbocycles. The maximum Gasteiger partial charge on any atom is 0.246 e. The van der Waals surface area contributed by atoms with Crippen LogP contribution in [0.15, 0.2) is 0 Å². The number of nitrogens with zero attached hydrogens (tertiary/aromatic N) is 2. The van der Waals surface area contributed by atoms with Gasteiger partial charge in [0.1, 0.15) is 12.1 Å². The summed E-state index contributed by atoms with van der Waals surface area (Å²) in [5.74, 6) is -0.275. The zero-order valence-electron chi connectivity index (χ0n) is 20.2. The number of amides is 3. The Balaban J connectivity index is 5.47. The van der Waals surface area contributed by atoms with E-state index in [9.17, 15) is 14.4 Å². The summed E-state index contributed by atoms with van der Waals surface area (Å²) in [6, 6.07) is -1.28. The van der Waals surface area contributed by atoms with Gasteiger partial charge < -0.3 is 15.5 Å². The topological polar surface area (TPSA) is 83.7 Å². The molecule has 3 amide bonds. The molecule has 0 saturated heterocycles. The summed E-state index contributed by atoms with van der Waals surface area (Å²) in [7, 11) is 3.33. The molecule has 0 heterocycles. The first-order valence-electron chi connectivity index (χ1n) is 11.2. The smallest absolute Gasteiger partial charge is 0.246 e. The lowest BCUT2D eigenvalue weighted by atomic mass is 9.93. The van der Waals surface area contributed by atoms with Crippen molar-refractivity contribution in [2.24, 2.45) is 29.4 Å². The summed E-state index contributed by atoms with van der Waals surface area (Å²) in [6.07, 6.45) is 4.50. The number of hydrogen-bond acceptors (Lipinski definition) is 3. The van der Waals surface area contributed by atoms with Crippen LogP contribution in [-0.4, -0.2) is 53.7 Å². The summed E-state index contributed by atoms with van der Waals surface area (Å²) >= 11 is 0. The molecule has 0 saturated carbocycles. The third kappa shape index (κ3) is 8.75. The molecule has 6 heteroatoms. The molecule has 0 fully saturated rings. The summed E-state index contributed by atoms with van der Waals surface area (Å²) < 4.78 is 0. The van der Waals surface area contributed by atoms with E-state index in [2.05, 4.69) is 27.7 Å². The van der Waals surface area contributed by atoms with Crippen LogP contribution in [0.1, 0.15) is 80.6 Å². The molecule has 0 rings (SSSR count). The van der Waals surface area contributed by atoms with E-state index in [4.69, 9.17) is 5.73 Å². The van der Waals surface area contributed by atoms with Crippen molar-refractivity contribution in [2.45, 2.75) is 92.7 Å². The Bertz CT molecular complexity index is 533. The van der Waals surface area contributed by atoms with Gasteiger partial charge in [0.05, 0.1) is 0 Å². The number of likely N-dealkylation sites (N-methyl/N-ethyl adjacent to an activating group) is 2. The SMILES string of the molecule is CCCC[C@@H](C)CC(C(N)=O)N(C)C(=O)[C@H](C(C)C)N(C)C(=O)[C@H](C)CC(C)C. The first-order chi connectivity index (χ1) is 13.3. The number of carbonyl (C=O) groups excluding carboxylic acids is 3. The maximum atomic E-state index is 13.3. The summed E-state index contributed by atoms with van der Waals surface area (Å²) in [5.41, 5.74) is 5.65. The lowest BCUT2D eigenvalue weighted by Gasteiger charge is -2.37. The zero-order chi connectivity index (χ0) is 22.9. The molecule has 0 spiro atoms. The summed E-state index contributed by atoms with van der Waals surface area (Å²) in [4.78, 5) is 41.4. The molecule has 0 bridgehead atoms. The molecular weight excluding hydrogens is 366 g/mol. The van der Waals surface area contributed by atoms with Crippen LogP contribution in [0.2, 0.25) is 0 Å². The highest BCUT2D eigenvalue weighted by atomic mass is 16.2. The van der Waals surface area contributed by atoms with Crippen LogP contribution in [0.4, 0.5) is 0 Å². The lowest BCUT2D eigenvalue weighted by Crippen LogP contribution is -2.56. The van der Waals surface area contributed by atoms with Crippen molar-refractivity contribution in [3.8, 4) is 0 Å². The van der Waals surface area contributed by atoms with E-state index >= 15 is 0 Å². The van der Waals surface area contributed by atoms with Gasteiger partial charge in [-0.3, -0.25) is 14.4 Å². The third-order valence-electron chi connectivity index (χ3n) is 5.72. The van der Waals surface area contributed by atoms with Crippen LogP contribution in [0.25, 0.3) is 0 Å². The van der Waals surface area contributed by atoms with Gasteiger partial charge in [0.2, 0.25) is 17.7 Å². The highest BCUT2D eigenvalue weighted by Gasteiger charge is 2.37. The number of hydrogen-bond donors (Lipinski definition) is 1. The minimum atomic E-state index is -0.660. The van der Waals surface area contributed by atoms with Gasteiger partial charge in [-0.1, -0.05) is 67.7 Å². The fourth-order valence-corrected chi connectivity index (χ4v) is 4.07. The molecule has 0 aromatic heterocycles. The molecule has 0 radical (unpaired) electrons. The Morgan fingerprint density at radius 3 is 1.83 bits per heavy atom. The van der Waals surface area contributed by atoms with Crippen LogP contribution >= 0.6 is 0 Å². The Morgan fingerprint density at radius 1 is 0.862 bits per heavy atom. The first-order valence-corrected chi connectivity index (χ1v) is 11.2. The van der Waals surface area contributed by atoms with Crippen LogP contribution in [0, 0.1) is 23.7 Å². The molecule has 0 aliphatic heterocycles. The van der Waals surface area contributed by atoms with Crippen molar-refractivity contribution >= 4 is 17.7 Å². The minimum absolute atomic E-state index is 0.0360. The van der Waals surface area contributed by atoms with Gasteiger partial charge in [-0.25, -0.2) is 0 Å². The number of rotatable bonds is 13. The van der Waals surface area contributed by atoms with E-state index in [0.29, 0.717) is 18.3 Å². The van der Waals surface area contributed by atoms with E-state index in [-0.39, 0.29) is 23.7 Å². The molecular formula is C23H45N3O3. The number of unbranched alkanes of at least 4 members (excludes halogenated alkanes) is 1. The quantitative estimate of drug-likeness (QED) is 0.502. The molecule has 0 aliphatic carbocycles. The second-order valence-electron chi connectivity index (χ2n) is 9.52. The van der Waals surface area contributed by atoms with E-state index in [1.54, 1.807) is 19.0 Å². The van der Waals surface area contributed by atoms with Crippen LogP contribution in [0.5, 0.6) is 0 Å². The van der Waals surface area contributed by atoms with Crippen LogP contribution in [0.3, 0.4) is 0 Å². The average Bonchev–Trinajstić information content (AvgIpc) is 2.61. The van der Waals surface area contributed by atoms with Crippen molar-refractivity contribution in [1.82, 2.24) is 9.80 Å². The van der Waals surface area contributed by atoms with Gasteiger partial charge in [-0.15, -0.1) is 0 Å². The molecule has 0 aromatic rings. The molecule has 170 valence electrons. The lowest BCUT2D eigenvalue weighted by molar-refractivity contribution is -0.150. The van der Waals surface area contributed by atoms with Crippen molar-refractivity contribution in [3.63, 3.8) is 0 Å². The Morgan fingerprint density at radius 2 is 1.41 bits per heavy atom. The van der Waals surface area contributed by atoms with Gasteiger partial charge >= 0.3 is 0 Å². The van der Waals surface area contributed by atoms with E-state index in [1.165, 1.54) is 4.90 Å². The third-order valence-corrected chi connectivity index (χ3v) is 5.72. The summed E-state index contributed by atoms with van der Waals surface area (Å²) in [5, 5.41) is 0. The Labute approximate surface area is 178 Å². The average molecular weight is 412 g/mol. The second kappa shape index (κ2) is 12.9. The van der Waals surface area contributed by atoms with Crippen molar-refractivity contribution in [2.75, 3.05) is 14.1 Å². The monoisotopic (exact) mass is 411 g/mol. The van der Waals surface area contributed by atoms with Crippen molar-refractivity contribution in [1.29, 1.82) is 0 Å². The summed E-state index contributed by atoms with van der Waals surface area (Å²) in [6.45, 7) is 14.2. The number of primary amides is 1. The molecule has 2 N–H and O–H groups in total. The van der Waals surface area contributed by atoms with Crippen LogP contribution < -0.4 is 5.73 Å².